The molecule has 78 valence electrons. The molecule has 0 bridgehead atoms. The molecule has 2 aromatic rings. The number of hydrogen-bond donors (Lipinski definition) is 1. The van der Waals surface area contributed by atoms with Gasteiger partial charge in [0.15, 0.2) is 0 Å². The monoisotopic (exact) mass is 200 g/mol. The lowest BCUT2D eigenvalue weighted by Gasteiger charge is -2.09. The van der Waals surface area contributed by atoms with Gasteiger partial charge in [0.2, 0.25) is 0 Å². The maximum absolute atomic E-state index is 5.89. The van der Waals surface area contributed by atoms with E-state index in [9.17, 15) is 0 Å². The lowest BCUT2D eigenvalue weighted by atomic mass is 10.1. The molecule has 1 aromatic heterocycles. The van der Waals surface area contributed by atoms with Gasteiger partial charge in [-0.05, 0) is 37.6 Å². The smallest absolute Gasteiger partial charge is 0.103 e. The molecular formula is C13H16N2. The molecule has 0 aliphatic carbocycles. The van der Waals surface area contributed by atoms with E-state index < -0.39 is 0 Å². The summed E-state index contributed by atoms with van der Waals surface area (Å²) in [5, 5.41) is 0. The van der Waals surface area contributed by atoms with E-state index in [1.54, 1.807) is 0 Å². The van der Waals surface area contributed by atoms with Gasteiger partial charge in [0.25, 0.3) is 0 Å². The van der Waals surface area contributed by atoms with E-state index in [0.29, 0.717) is 0 Å². The van der Waals surface area contributed by atoms with Crippen molar-refractivity contribution in [1.82, 2.24) is 4.57 Å². The van der Waals surface area contributed by atoms with Crippen molar-refractivity contribution in [2.24, 2.45) is 0 Å². The van der Waals surface area contributed by atoms with Crippen molar-refractivity contribution in [3.05, 3.63) is 42.0 Å². The van der Waals surface area contributed by atoms with Gasteiger partial charge < -0.3 is 10.3 Å². The van der Waals surface area contributed by atoms with Crippen LogP contribution in [-0.2, 0) is 6.54 Å². The fraction of sp³-hybridized carbons (Fsp3) is 0.231. The molecule has 1 heterocycles. The molecule has 15 heavy (non-hydrogen) atoms. The van der Waals surface area contributed by atoms with Crippen molar-refractivity contribution in [3.63, 3.8) is 0 Å². The Balaban J connectivity index is 2.54. The van der Waals surface area contributed by atoms with Crippen LogP contribution in [0.4, 0.5) is 5.82 Å². The first-order valence-corrected chi connectivity index (χ1v) is 5.24. The highest BCUT2D eigenvalue weighted by molar-refractivity contribution is 5.64. The van der Waals surface area contributed by atoms with Crippen LogP contribution in [0.1, 0.15) is 12.5 Å². The summed E-state index contributed by atoms with van der Waals surface area (Å²) in [6.07, 6.45) is 0. The largest absolute Gasteiger partial charge is 0.385 e. The Morgan fingerprint density at radius 2 is 2.00 bits per heavy atom. The third-order valence-corrected chi connectivity index (χ3v) is 2.64. The lowest BCUT2D eigenvalue weighted by molar-refractivity contribution is 0.788. The molecular weight excluding hydrogens is 184 g/mol. The van der Waals surface area contributed by atoms with Gasteiger partial charge in [-0.2, -0.15) is 0 Å². The number of nitrogens with two attached hydrogens (primary N) is 1. The molecule has 0 fully saturated rings. The second-order valence-corrected chi connectivity index (χ2v) is 3.76. The Morgan fingerprint density at radius 3 is 2.67 bits per heavy atom. The van der Waals surface area contributed by atoms with Crippen LogP contribution >= 0.6 is 0 Å². The fourth-order valence-corrected chi connectivity index (χ4v) is 1.89. The first kappa shape index (κ1) is 9.84. The van der Waals surface area contributed by atoms with E-state index in [-0.39, 0.29) is 0 Å². The molecule has 2 N–H and O–H groups in total. The van der Waals surface area contributed by atoms with E-state index in [2.05, 4.69) is 48.7 Å². The van der Waals surface area contributed by atoms with Crippen molar-refractivity contribution in [1.29, 1.82) is 0 Å². The summed E-state index contributed by atoms with van der Waals surface area (Å²) in [6, 6.07) is 12.5. The standard InChI is InChI=1S/C13H16N2/c1-3-15-12(7-8-13(15)14)11-6-4-5-10(2)9-11/h4-9H,3,14H2,1-2H3. The van der Waals surface area contributed by atoms with Crippen LogP contribution in [0.3, 0.4) is 0 Å². The van der Waals surface area contributed by atoms with Crippen LogP contribution < -0.4 is 5.73 Å². The second-order valence-electron chi connectivity index (χ2n) is 3.76. The fourth-order valence-electron chi connectivity index (χ4n) is 1.89. The molecule has 0 atom stereocenters. The highest BCUT2D eigenvalue weighted by atomic mass is 15.0. The summed E-state index contributed by atoms with van der Waals surface area (Å²) in [4.78, 5) is 0. The summed E-state index contributed by atoms with van der Waals surface area (Å²) >= 11 is 0. The van der Waals surface area contributed by atoms with Crippen LogP contribution in [0.25, 0.3) is 11.3 Å². The molecule has 0 amide bonds. The first-order chi connectivity index (χ1) is 7.22. The highest BCUT2D eigenvalue weighted by Crippen LogP contribution is 2.24. The van der Waals surface area contributed by atoms with Crippen LogP contribution in [0, 0.1) is 6.92 Å². The van der Waals surface area contributed by atoms with Crippen molar-refractivity contribution in [2.75, 3.05) is 5.73 Å². The number of aryl methyl sites for hydroxylation is 1. The molecule has 2 rings (SSSR count). The Labute approximate surface area is 90.3 Å². The Bertz CT molecular complexity index is 469. The zero-order valence-electron chi connectivity index (χ0n) is 9.20. The maximum Gasteiger partial charge on any atom is 0.103 e. The van der Waals surface area contributed by atoms with E-state index in [1.807, 2.05) is 6.07 Å². The molecule has 0 saturated carbocycles. The molecule has 1 aromatic carbocycles. The number of nitrogen functional groups attached to an aromatic ring is 1. The van der Waals surface area contributed by atoms with Gasteiger partial charge in [-0.25, -0.2) is 0 Å². The summed E-state index contributed by atoms with van der Waals surface area (Å²) < 4.78 is 2.12. The van der Waals surface area contributed by atoms with Gasteiger partial charge in [-0.15, -0.1) is 0 Å². The number of hydrogen-bond acceptors (Lipinski definition) is 1. The normalized spacial score (nSPS) is 10.5. The van der Waals surface area contributed by atoms with Gasteiger partial charge in [-0.3, -0.25) is 0 Å². The number of aromatic nitrogens is 1. The minimum atomic E-state index is 0.828. The third-order valence-electron chi connectivity index (χ3n) is 2.64. The van der Waals surface area contributed by atoms with E-state index >= 15 is 0 Å². The van der Waals surface area contributed by atoms with Gasteiger partial charge in [0, 0.05) is 12.2 Å². The second kappa shape index (κ2) is 3.81. The van der Waals surface area contributed by atoms with Gasteiger partial charge in [-0.1, -0.05) is 23.8 Å². The maximum atomic E-state index is 5.89. The minimum absolute atomic E-state index is 0.828. The quantitative estimate of drug-likeness (QED) is 0.793. The van der Waals surface area contributed by atoms with Crippen LogP contribution in [-0.4, -0.2) is 4.57 Å². The molecule has 0 saturated heterocycles. The zero-order valence-corrected chi connectivity index (χ0v) is 9.20. The summed E-state index contributed by atoms with van der Waals surface area (Å²) in [5.41, 5.74) is 9.59. The SMILES string of the molecule is CCn1c(N)ccc1-c1cccc(C)c1. The number of benzene rings is 1. The molecule has 0 aliphatic rings. The Hall–Kier alpha value is -1.70. The molecule has 0 radical (unpaired) electrons. The summed E-state index contributed by atoms with van der Waals surface area (Å²) in [6.45, 7) is 5.11. The molecule has 0 aliphatic heterocycles. The number of nitrogens with zero attached hydrogens (tertiary/aromatic N) is 1. The van der Waals surface area contributed by atoms with Crippen LogP contribution in [0.2, 0.25) is 0 Å². The van der Waals surface area contributed by atoms with E-state index in [4.69, 9.17) is 5.73 Å². The summed E-state index contributed by atoms with van der Waals surface area (Å²) in [5.74, 6) is 0.828. The van der Waals surface area contributed by atoms with Crippen molar-refractivity contribution >= 4 is 5.82 Å². The predicted molar refractivity (Wildman–Crippen MR) is 64.7 cm³/mol. The average Bonchev–Trinajstić information content (AvgIpc) is 2.59. The van der Waals surface area contributed by atoms with Crippen molar-refractivity contribution in [2.45, 2.75) is 20.4 Å². The number of rotatable bonds is 2. The van der Waals surface area contributed by atoms with Crippen LogP contribution in [0.5, 0.6) is 0 Å². The first-order valence-electron chi connectivity index (χ1n) is 5.24. The highest BCUT2D eigenvalue weighted by Gasteiger charge is 2.05. The Morgan fingerprint density at radius 1 is 1.20 bits per heavy atom. The van der Waals surface area contributed by atoms with E-state index in [0.717, 1.165) is 12.4 Å². The molecule has 2 heteroatoms. The minimum Gasteiger partial charge on any atom is -0.385 e. The van der Waals surface area contributed by atoms with Crippen molar-refractivity contribution < 1.29 is 0 Å². The summed E-state index contributed by atoms with van der Waals surface area (Å²) in [7, 11) is 0. The predicted octanol–water partition coefficient (Wildman–Crippen LogP) is 3.07. The molecule has 2 nitrogen and oxygen atoms in total. The van der Waals surface area contributed by atoms with Crippen molar-refractivity contribution in [3.8, 4) is 11.3 Å². The zero-order chi connectivity index (χ0) is 10.8. The Kier molecular flexibility index (Phi) is 2.50. The van der Waals surface area contributed by atoms with E-state index in [1.165, 1.54) is 16.8 Å². The number of anilines is 1. The lowest BCUT2D eigenvalue weighted by Crippen LogP contribution is -2.01. The third kappa shape index (κ3) is 1.75. The average molecular weight is 200 g/mol. The van der Waals surface area contributed by atoms with Gasteiger partial charge in [0.05, 0.1) is 0 Å². The van der Waals surface area contributed by atoms with Crippen LogP contribution in [0.15, 0.2) is 36.4 Å². The molecule has 0 unspecified atom stereocenters. The van der Waals surface area contributed by atoms with Gasteiger partial charge >= 0.3 is 0 Å². The van der Waals surface area contributed by atoms with Gasteiger partial charge in [0.1, 0.15) is 5.82 Å². The molecule has 0 spiro atoms. The topological polar surface area (TPSA) is 30.9 Å².